The zero-order chi connectivity index (χ0) is 20.9. The molecule has 0 aliphatic rings. The number of aromatic amines is 1. The summed E-state index contributed by atoms with van der Waals surface area (Å²) in [6.07, 6.45) is 0. The maximum Gasteiger partial charge on any atom is 0.287 e. The van der Waals surface area contributed by atoms with Gasteiger partial charge in [0.25, 0.3) is 11.8 Å². The molecule has 9 nitrogen and oxygen atoms in total. The lowest BCUT2D eigenvalue weighted by molar-refractivity contribution is 0.0844. The van der Waals surface area contributed by atoms with Gasteiger partial charge in [0.15, 0.2) is 0 Å². The van der Waals surface area contributed by atoms with Gasteiger partial charge < -0.3 is 0 Å². The number of nitrogens with one attached hydrogen (secondary N) is 4. The van der Waals surface area contributed by atoms with Crippen LogP contribution in [0.15, 0.2) is 65.6 Å². The van der Waals surface area contributed by atoms with E-state index in [1.54, 1.807) is 13.0 Å². The molecule has 4 N–H and O–H groups in total. The van der Waals surface area contributed by atoms with Crippen molar-refractivity contribution in [2.24, 2.45) is 0 Å². The Labute approximate surface area is 167 Å². The summed E-state index contributed by atoms with van der Waals surface area (Å²) in [4.78, 5) is 24.4. The number of hydrazine groups is 1. The van der Waals surface area contributed by atoms with Crippen LogP contribution in [0, 0.1) is 0 Å². The first-order valence-corrected chi connectivity index (χ1v) is 10.2. The number of H-pyrrole nitrogens is 1. The van der Waals surface area contributed by atoms with Crippen molar-refractivity contribution in [1.29, 1.82) is 0 Å². The average molecular weight is 413 g/mol. The molecular formula is C19H19N5O4S. The van der Waals surface area contributed by atoms with Gasteiger partial charge in [-0.1, -0.05) is 37.3 Å². The molecule has 1 heterocycles. The van der Waals surface area contributed by atoms with Gasteiger partial charge in [-0.05, 0) is 30.3 Å². The molecule has 0 saturated heterocycles. The predicted octanol–water partition coefficient (Wildman–Crippen LogP) is 1.45. The minimum Gasteiger partial charge on any atom is -0.272 e. The van der Waals surface area contributed by atoms with E-state index in [9.17, 15) is 18.0 Å². The minimum absolute atomic E-state index is 0.0471. The monoisotopic (exact) mass is 413 g/mol. The molecule has 2 aromatic carbocycles. The van der Waals surface area contributed by atoms with Crippen molar-refractivity contribution in [3.63, 3.8) is 0 Å². The Balaban J connectivity index is 1.61. The first-order chi connectivity index (χ1) is 13.9. The molecule has 150 valence electrons. The molecule has 0 bridgehead atoms. The summed E-state index contributed by atoms with van der Waals surface area (Å²) in [5.41, 5.74) is 6.38. The van der Waals surface area contributed by atoms with Gasteiger partial charge in [-0.25, -0.2) is 13.1 Å². The summed E-state index contributed by atoms with van der Waals surface area (Å²) in [7, 11) is -3.60. The number of hydrogen-bond acceptors (Lipinski definition) is 5. The number of aromatic nitrogens is 2. The van der Waals surface area contributed by atoms with E-state index in [0.29, 0.717) is 5.69 Å². The third-order valence-electron chi connectivity index (χ3n) is 3.94. The van der Waals surface area contributed by atoms with E-state index in [2.05, 4.69) is 25.8 Å². The third kappa shape index (κ3) is 4.86. The quantitative estimate of drug-likeness (QED) is 0.454. The zero-order valence-corrected chi connectivity index (χ0v) is 16.3. The Morgan fingerprint density at radius 3 is 2.28 bits per heavy atom. The normalized spacial score (nSPS) is 11.1. The summed E-state index contributed by atoms with van der Waals surface area (Å²) in [5.74, 6) is -1.16. The molecule has 0 aliphatic heterocycles. The largest absolute Gasteiger partial charge is 0.287 e. The number of sulfonamides is 1. The topological polar surface area (TPSA) is 133 Å². The first-order valence-electron chi connectivity index (χ1n) is 8.72. The smallest absolute Gasteiger partial charge is 0.272 e. The van der Waals surface area contributed by atoms with Crippen LogP contribution in [0.25, 0.3) is 11.3 Å². The number of amides is 2. The van der Waals surface area contributed by atoms with Crippen LogP contribution in [-0.2, 0) is 10.0 Å². The van der Waals surface area contributed by atoms with Crippen molar-refractivity contribution < 1.29 is 18.0 Å². The highest BCUT2D eigenvalue weighted by atomic mass is 32.2. The fourth-order valence-corrected chi connectivity index (χ4v) is 3.55. The van der Waals surface area contributed by atoms with Crippen LogP contribution in [0.1, 0.15) is 27.8 Å². The van der Waals surface area contributed by atoms with Gasteiger partial charge in [-0.3, -0.25) is 25.5 Å². The van der Waals surface area contributed by atoms with Crippen LogP contribution in [0.4, 0.5) is 0 Å². The molecule has 1 aromatic heterocycles. The summed E-state index contributed by atoms with van der Waals surface area (Å²) >= 11 is 0. The average Bonchev–Trinajstić information content (AvgIpc) is 3.23. The third-order valence-corrected chi connectivity index (χ3v) is 5.50. The number of benzene rings is 2. The van der Waals surface area contributed by atoms with Gasteiger partial charge in [0.05, 0.1) is 10.6 Å². The van der Waals surface area contributed by atoms with Crippen molar-refractivity contribution in [1.82, 2.24) is 25.8 Å². The van der Waals surface area contributed by atoms with Crippen LogP contribution in [0.3, 0.4) is 0 Å². The lowest BCUT2D eigenvalue weighted by Crippen LogP contribution is -2.41. The molecule has 0 radical (unpaired) electrons. The van der Waals surface area contributed by atoms with Crippen molar-refractivity contribution >= 4 is 21.8 Å². The summed E-state index contributed by atoms with van der Waals surface area (Å²) in [6, 6.07) is 16.2. The Morgan fingerprint density at radius 2 is 1.62 bits per heavy atom. The molecule has 0 aliphatic carbocycles. The van der Waals surface area contributed by atoms with E-state index in [1.807, 2.05) is 30.3 Å². The van der Waals surface area contributed by atoms with E-state index in [1.165, 1.54) is 24.3 Å². The standard InChI is InChI=1S/C19H19N5O4S/c1-2-20-29(27,28)15-10-8-14(9-11-15)18(25)23-24-19(26)17-12-16(21-22-17)13-6-4-3-5-7-13/h3-12,20H,2H2,1H3,(H,21,22)(H,23,25)(H,24,26). The molecule has 10 heteroatoms. The predicted molar refractivity (Wildman–Crippen MR) is 106 cm³/mol. The van der Waals surface area contributed by atoms with Crippen molar-refractivity contribution in [2.75, 3.05) is 6.54 Å². The van der Waals surface area contributed by atoms with E-state index >= 15 is 0 Å². The molecule has 0 spiro atoms. The Hall–Kier alpha value is -3.50. The maximum absolute atomic E-state index is 12.2. The fourth-order valence-electron chi connectivity index (χ4n) is 2.51. The van der Waals surface area contributed by atoms with Crippen LogP contribution < -0.4 is 15.6 Å². The van der Waals surface area contributed by atoms with Crippen molar-refractivity contribution in [3.8, 4) is 11.3 Å². The fraction of sp³-hybridized carbons (Fsp3) is 0.105. The summed E-state index contributed by atoms with van der Waals surface area (Å²) < 4.78 is 26.2. The Bertz CT molecular complexity index is 1110. The number of hydrogen-bond donors (Lipinski definition) is 4. The van der Waals surface area contributed by atoms with Crippen LogP contribution in [0.2, 0.25) is 0 Å². The molecule has 3 rings (SSSR count). The van der Waals surface area contributed by atoms with Crippen LogP contribution >= 0.6 is 0 Å². The van der Waals surface area contributed by atoms with Crippen molar-refractivity contribution in [2.45, 2.75) is 11.8 Å². The van der Waals surface area contributed by atoms with Gasteiger partial charge in [0, 0.05) is 17.7 Å². The molecule has 2 amide bonds. The molecule has 0 saturated carbocycles. The summed E-state index contributed by atoms with van der Waals surface area (Å²) in [6.45, 7) is 1.93. The molecule has 29 heavy (non-hydrogen) atoms. The highest BCUT2D eigenvalue weighted by Crippen LogP contribution is 2.16. The highest BCUT2D eigenvalue weighted by Gasteiger charge is 2.15. The summed E-state index contributed by atoms with van der Waals surface area (Å²) in [5, 5.41) is 6.70. The van der Waals surface area contributed by atoms with Crippen LogP contribution in [0.5, 0.6) is 0 Å². The Kier molecular flexibility index (Phi) is 6.05. The second-order valence-electron chi connectivity index (χ2n) is 5.97. The van der Waals surface area contributed by atoms with E-state index < -0.39 is 21.8 Å². The second-order valence-corrected chi connectivity index (χ2v) is 7.73. The van der Waals surface area contributed by atoms with Crippen LogP contribution in [-0.4, -0.2) is 37.0 Å². The highest BCUT2D eigenvalue weighted by molar-refractivity contribution is 7.89. The molecule has 0 unspecified atom stereocenters. The molecule has 3 aromatic rings. The number of carbonyl (C=O) groups excluding carboxylic acids is 2. The molecule has 0 atom stereocenters. The first kappa shape index (κ1) is 20.2. The number of rotatable bonds is 6. The van der Waals surface area contributed by atoms with Gasteiger partial charge >= 0.3 is 0 Å². The van der Waals surface area contributed by atoms with Crippen molar-refractivity contribution in [3.05, 3.63) is 71.9 Å². The number of nitrogens with zero attached hydrogens (tertiary/aromatic N) is 1. The molecular weight excluding hydrogens is 394 g/mol. The lowest BCUT2D eigenvalue weighted by Gasteiger charge is -2.08. The SMILES string of the molecule is CCNS(=O)(=O)c1ccc(C(=O)NNC(=O)c2cc(-c3ccccc3)n[nH]2)cc1. The second kappa shape index (κ2) is 8.67. The van der Waals surface area contributed by atoms with E-state index in [4.69, 9.17) is 0 Å². The maximum atomic E-state index is 12.2. The minimum atomic E-state index is -3.60. The molecule has 0 fully saturated rings. The Morgan fingerprint density at radius 1 is 0.966 bits per heavy atom. The van der Waals surface area contributed by atoms with E-state index in [0.717, 1.165) is 5.56 Å². The van der Waals surface area contributed by atoms with E-state index in [-0.39, 0.29) is 22.7 Å². The van der Waals surface area contributed by atoms with Gasteiger partial charge in [0.2, 0.25) is 10.0 Å². The van der Waals surface area contributed by atoms with Gasteiger partial charge in [0.1, 0.15) is 5.69 Å². The number of carbonyl (C=O) groups is 2. The van der Waals surface area contributed by atoms with Gasteiger partial charge in [-0.15, -0.1) is 0 Å². The zero-order valence-electron chi connectivity index (χ0n) is 15.5. The van der Waals surface area contributed by atoms with Gasteiger partial charge in [-0.2, -0.15) is 5.10 Å². The lowest BCUT2D eigenvalue weighted by atomic mass is 10.1.